The number of anilines is 1. The Hall–Kier alpha value is -1.32. The van der Waals surface area contributed by atoms with E-state index in [-0.39, 0.29) is 11.9 Å². The first-order chi connectivity index (χ1) is 8.02. The first-order valence-corrected chi connectivity index (χ1v) is 6.27. The Balaban J connectivity index is 2.98. The number of hydrogen-bond acceptors (Lipinski definition) is 4. The third kappa shape index (κ3) is 2.87. The van der Waals surface area contributed by atoms with Crippen LogP contribution in [-0.2, 0) is 0 Å². The van der Waals surface area contributed by atoms with Crippen molar-refractivity contribution >= 4 is 5.69 Å². The predicted molar refractivity (Wildman–Crippen MR) is 69.9 cm³/mol. The van der Waals surface area contributed by atoms with Gasteiger partial charge >= 0.3 is 0 Å². The Morgan fingerprint density at radius 2 is 1.59 bits per heavy atom. The first-order valence-electron chi connectivity index (χ1n) is 6.27. The summed E-state index contributed by atoms with van der Waals surface area (Å²) in [4.78, 5) is 25.0. The number of ether oxygens (including phenoxy) is 1. The molecule has 0 amide bonds. The van der Waals surface area contributed by atoms with Crippen molar-refractivity contribution in [3.8, 4) is 5.75 Å². The summed E-state index contributed by atoms with van der Waals surface area (Å²) in [6.07, 6.45) is 1.81. The van der Waals surface area contributed by atoms with E-state index in [1.807, 2.05) is 18.7 Å². The van der Waals surface area contributed by atoms with E-state index in [4.69, 9.17) is 4.74 Å². The van der Waals surface area contributed by atoms with Crippen LogP contribution in [0.25, 0.3) is 0 Å². The molecule has 0 aliphatic carbocycles. The van der Waals surface area contributed by atoms with Crippen molar-refractivity contribution in [1.82, 2.24) is 0 Å². The van der Waals surface area contributed by atoms with Crippen LogP contribution in [0.4, 0.5) is 5.69 Å². The molecule has 0 bridgehead atoms. The van der Waals surface area contributed by atoms with Crippen LogP contribution in [0, 0.1) is 0 Å². The van der Waals surface area contributed by atoms with E-state index in [0.29, 0.717) is 5.69 Å². The van der Waals surface area contributed by atoms with Crippen molar-refractivity contribution in [3.05, 3.63) is 20.4 Å². The van der Waals surface area contributed by atoms with Gasteiger partial charge in [0, 0.05) is 13.1 Å². The standard InChI is InChI=1S/C13H21NO3/c1-5-7-14(8-6-2)10-11(15)12(16)13(10)17-9(3)4/h9H,5-8H2,1-4H3. The lowest BCUT2D eigenvalue weighted by molar-refractivity contribution is 0.237. The van der Waals surface area contributed by atoms with Gasteiger partial charge in [-0.15, -0.1) is 0 Å². The molecule has 96 valence electrons. The molecule has 0 radical (unpaired) electrons. The van der Waals surface area contributed by atoms with Gasteiger partial charge in [-0.1, -0.05) is 13.8 Å². The lowest BCUT2D eigenvalue weighted by atomic mass is 10.1. The quantitative estimate of drug-likeness (QED) is 0.679. The molecule has 0 aromatic heterocycles. The Morgan fingerprint density at radius 1 is 1.06 bits per heavy atom. The smallest absolute Gasteiger partial charge is 0.272 e. The maximum Gasteiger partial charge on any atom is 0.272 e. The highest BCUT2D eigenvalue weighted by atomic mass is 16.5. The highest BCUT2D eigenvalue weighted by molar-refractivity contribution is 5.63. The molecular weight excluding hydrogens is 218 g/mol. The summed E-state index contributed by atoms with van der Waals surface area (Å²) in [5.74, 6) is 0.256. The summed E-state index contributed by atoms with van der Waals surface area (Å²) in [6, 6.07) is 0. The van der Waals surface area contributed by atoms with E-state index < -0.39 is 10.9 Å². The van der Waals surface area contributed by atoms with E-state index in [1.54, 1.807) is 0 Å². The lowest BCUT2D eigenvalue weighted by Crippen LogP contribution is -2.42. The van der Waals surface area contributed by atoms with E-state index >= 15 is 0 Å². The zero-order chi connectivity index (χ0) is 13.0. The molecule has 0 saturated heterocycles. The first kappa shape index (κ1) is 13.7. The van der Waals surface area contributed by atoms with Crippen molar-refractivity contribution in [2.45, 2.75) is 46.6 Å². The molecule has 0 atom stereocenters. The second kappa shape index (κ2) is 5.84. The Morgan fingerprint density at radius 3 is 2.00 bits per heavy atom. The molecule has 0 aliphatic heterocycles. The lowest BCUT2D eigenvalue weighted by Gasteiger charge is -2.27. The van der Waals surface area contributed by atoms with E-state index in [2.05, 4.69) is 13.8 Å². The molecule has 17 heavy (non-hydrogen) atoms. The predicted octanol–water partition coefficient (Wildman–Crippen LogP) is 1.70. The van der Waals surface area contributed by atoms with E-state index in [0.717, 1.165) is 25.9 Å². The average molecular weight is 239 g/mol. The van der Waals surface area contributed by atoms with Gasteiger partial charge in [0.05, 0.1) is 6.10 Å². The molecule has 0 unspecified atom stereocenters. The van der Waals surface area contributed by atoms with Gasteiger partial charge in [0.1, 0.15) is 5.69 Å². The molecule has 1 aromatic rings. The Labute approximate surface area is 102 Å². The molecule has 0 fully saturated rings. The highest BCUT2D eigenvalue weighted by Gasteiger charge is 2.27. The summed E-state index contributed by atoms with van der Waals surface area (Å²) >= 11 is 0. The molecule has 0 heterocycles. The van der Waals surface area contributed by atoms with Crippen LogP contribution in [-0.4, -0.2) is 19.2 Å². The van der Waals surface area contributed by atoms with Crippen LogP contribution in [0.2, 0.25) is 0 Å². The fourth-order valence-electron chi connectivity index (χ4n) is 1.87. The highest BCUT2D eigenvalue weighted by Crippen LogP contribution is 2.24. The van der Waals surface area contributed by atoms with Crippen molar-refractivity contribution in [3.63, 3.8) is 0 Å². The molecule has 1 rings (SSSR count). The molecule has 1 aromatic carbocycles. The largest absolute Gasteiger partial charge is 0.485 e. The average Bonchev–Trinajstić information content (AvgIpc) is 2.28. The topological polar surface area (TPSA) is 46.6 Å². The maximum atomic E-state index is 11.6. The zero-order valence-corrected chi connectivity index (χ0v) is 11.1. The second-order valence-electron chi connectivity index (χ2n) is 4.49. The number of rotatable bonds is 7. The van der Waals surface area contributed by atoms with E-state index in [9.17, 15) is 9.59 Å². The third-order valence-corrected chi connectivity index (χ3v) is 2.50. The van der Waals surface area contributed by atoms with Gasteiger partial charge in [-0.05, 0) is 26.7 Å². The normalized spacial score (nSPS) is 11.1. The maximum absolute atomic E-state index is 11.6. The summed E-state index contributed by atoms with van der Waals surface area (Å²) in [5.41, 5.74) is -0.402. The Kier molecular flexibility index (Phi) is 4.73. The number of nitrogens with zero attached hydrogens (tertiary/aromatic N) is 1. The molecule has 0 aliphatic rings. The summed E-state index contributed by atoms with van der Waals surface area (Å²) in [7, 11) is 0. The minimum absolute atomic E-state index is 0.0813. The SMILES string of the molecule is CCCN(CCC)c1c(OC(C)C)c(=O)c1=O. The summed E-state index contributed by atoms with van der Waals surface area (Å²) in [6.45, 7) is 9.38. The van der Waals surface area contributed by atoms with Crippen molar-refractivity contribution < 1.29 is 4.74 Å². The van der Waals surface area contributed by atoms with Gasteiger partial charge in [-0.2, -0.15) is 0 Å². The van der Waals surface area contributed by atoms with Crippen LogP contribution in [0.5, 0.6) is 5.75 Å². The van der Waals surface area contributed by atoms with Gasteiger partial charge in [0.15, 0.2) is 5.75 Å². The fraction of sp³-hybridized carbons (Fsp3) is 0.692. The number of hydrogen-bond donors (Lipinski definition) is 0. The second-order valence-corrected chi connectivity index (χ2v) is 4.49. The molecule has 0 N–H and O–H groups in total. The fourth-order valence-corrected chi connectivity index (χ4v) is 1.87. The molecular formula is C13H21NO3. The third-order valence-electron chi connectivity index (χ3n) is 2.50. The van der Waals surface area contributed by atoms with Crippen molar-refractivity contribution in [1.29, 1.82) is 0 Å². The molecule has 4 heteroatoms. The van der Waals surface area contributed by atoms with Crippen molar-refractivity contribution in [2.24, 2.45) is 0 Å². The van der Waals surface area contributed by atoms with Gasteiger partial charge in [0.2, 0.25) is 0 Å². The minimum atomic E-state index is -0.481. The van der Waals surface area contributed by atoms with Gasteiger partial charge in [0.25, 0.3) is 10.9 Å². The van der Waals surface area contributed by atoms with Crippen LogP contribution >= 0.6 is 0 Å². The Bertz CT molecular complexity index is 424. The van der Waals surface area contributed by atoms with Gasteiger partial charge in [-0.25, -0.2) is 0 Å². The molecule has 4 nitrogen and oxygen atoms in total. The van der Waals surface area contributed by atoms with Gasteiger partial charge < -0.3 is 9.64 Å². The van der Waals surface area contributed by atoms with Crippen LogP contribution in [0.3, 0.4) is 0 Å². The summed E-state index contributed by atoms with van der Waals surface area (Å²) < 4.78 is 5.42. The van der Waals surface area contributed by atoms with Crippen LogP contribution in [0.15, 0.2) is 9.59 Å². The van der Waals surface area contributed by atoms with Crippen molar-refractivity contribution in [2.75, 3.05) is 18.0 Å². The van der Waals surface area contributed by atoms with Crippen LogP contribution < -0.4 is 20.5 Å². The molecule has 0 spiro atoms. The monoisotopic (exact) mass is 239 g/mol. The molecule has 0 saturated carbocycles. The summed E-state index contributed by atoms with van der Waals surface area (Å²) in [5, 5.41) is 0. The van der Waals surface area contributed by atoms with Crippen LogP contribution in [0.1, 0.15) is 40.5 Å². The minimum Gasteiger partial charge on any atom is -0.485 e. The van der Waals surface area contributed by atoms with Gasteiger partial charge in [-0.3, -0.25) is 9.59 Å². The zero-order valence-electron chi connectivity index (χ0n) is 11.1. The van der Waals surface area contributed by atoms with E-state index in [1.165, 1.54) is 0 Å².